The van der Waals surface area contributed by atoms with E-state index in [1.165, 1.54) is 6.07 Å². The molecule has 0 aliphatic heterocycles. The highest BCUT2D eigenvalue weighted by molar-refractivity contribution is 6.29. The molecule has 0 fully saturated rings. The lowest BCUT2D eigenvalue weighted by atomic mass is 10.3. The predicted octanol–water partition coefficient (Wildman–Crippen LogP) is 0.794. The maximum absolute atomic E-state index is 9.01. The average molecular weight is 213 g/mol. The van der Waals surface area contributed by atoms with Gasteiger partial charge in [-0.15, -0.1) is 10.2 Å². The maximum atomic E-state index is 9.01. The molecule has 0 aliphatic rings. The number of nitrogens with one attached hydrogen (secondary N) is 1. The van der Waals surface area contributed by atoms with Crippen LogP contribution >= 0.6 is 11.6 Å². The van der Waals surface area contributed by atoms with Crippen LogP contribution in [0.1, 0.15) is 12.5 Å². The number of aliphatic hydroxyl groups is 1. The van der Waals surface area contributed by atoms with Crippen LogP contribution in [0, 0.1) is 11.3 Å². The van der Waals surface area contributed by atoms with Crippen molar-refractivity contribution in [1.82, 2.24) is 10.2 Å². The summed E-state index contributed by atoms with van der Waals surface area (Å²) in [5.74, 6) is 0.331. The van der Waals surface area contributed by atoms with Gasteiger partial charge >= 0.3 is 0 Å². The lowest BCUT2D eigenvalue weighted by Gasteiger charge is -2.07. The summed E-state index contributed by atoms with van der Waals surface area (Å²) < 4.78 is 0. The van der Waals surface area contributed by atoms with Crippen LogP contribution in [-0.4, -0.2) is 28.0 Å². The molecule has 0 spiro atoms. The Morgan fingerprint density at radius 1 is 1.71 bits per heavy atom. The normalized spacial score (nSPS) is 11.9. The summed E-state index contributed by atoms with van der Waals surface area (Å²) in [6.07, 6.45) is -0.515. The van der Waals surface area contributed by atoms with Gasteiger partial charge in [0.1, 0.15) is 6.07 Å². The average Bonchev–Trinajstić information content (AvgIpc) is 2.15. The van der Waals surface area contributed by atoms with Gasteiger partial charge < -0.3 is 10.4 Å². The van der Waals surface area contributed by atoms with Crippen molar-refractivity contribution in [3.8, 4) is 6.07 Å². The highest BCUT2D eigenvalue weighted by atomic mass is 35.5. The lowest BCUT2D eigenvalue weighted by Crippen LogP contribution is -2.17. The molecule has 1 aromatic heterocycles. The van der Waals surface area contributed by atoms with E-state index in [-0.39, 0.29) is 5.15 Å². The van der Waals surface area contributed by atoms with Crippen LogP contribution in [0.2, 0.25) is 5.15 Å². The Bertz CT molecular complexity index is 361. The van der Waals surface area contributed by atoms with Crippen molar-refractivity contribution in [2.24, 2.45) is 0 Å². The number of hydrogen-bond donors (Lipinski definition) is 2. The molecule has 1 heterocycles. The number of halogens is 1. The van der Waals surface area contributed by atoms with Gasteiger partial charge in [0.25, 0.3) is 0 Å². The van der Waals surface area contributed by atoms with Gasteiger partial charge in [0.05, 0.1) is 11.7 Å². The summed E-state index contributed by atoms with van der Waals surface area (Å²) in [6, 6.07) is 3.34. The largest absolute Gasteiger partial charge is 0.392 e. The number of aromatic nitrogens is 2. The van der Waals surface area contributed by atoms with Crippen molar-refractivity contribution in [2.75, 3.05) is 11.9 Å². The zero-order chi connectivity index (χ0) is 10.6. The molecular formula is C8H9ClN4O. The van der Waals surface area contributed by atoms with E-state index in [2.05, 4.69) is 15.5 Å². The lowest BCUT2D eigenvalue weighted by molar-refractivity contribution is 0.208. The van der Waals surface area contributed by atoms with Crippen molar-refractivity contribution < 1.29 is 5.11 Å². The number of rotatable bonds is 3. The molecule has 6 heteroatoms. The highest BCUT2D eigenvalue weighted by Crippen LogP contribution is 2.13. The van der Waals surface area contributed by atoms with E-state index in [0.717, 1.165) is 0 Å². The van der Waals surface area contributed by atoms with Crippen LogP contribution in [0.4, 0.5) is 5.82 Å². The number of hydrogen-bond acceptors (Lipinski definition) is 5. The van der Waals surface area contributed by atoms with E-state index in [1.807, 2.05) is 6.07 Å². The van der Waals surface area contributed by atoms with Crippen molar-refractivity contribution in [2.45, 2.75) is 13.0 Å². The Hall–Kier alpha value is -1.38. The van der Waals surface area contributed by atoms with Gasteiger partial charge in [0.15, 0.2) is 11.0 Å². The maximum Gasteiger partial charge on any atom is 0.166 e. The van der Waals surface area contributed by atoms with Crippen molar-refractivity contribution in [1.29, 1.82) is 5.26 Å². The Morgan fingerprint density at radius 3 is 3.00 bits per heavy atom. The monoisotopic (exact) mass is 212 g/mol. The van der Waals surface area contributed by atoms with Crippen molar-refractivity contribution in [3.05, 3.63) is 16.8 Å². The van der Waals surface area contributed by atoms with E-state index in [0.29, 0.717) is 17.9 Å². The molecule has 14 heavy (non-hydrogen) atoms. The third kappa shape index (κ3) is 2.83. The molecule has 0 saturated carbocycles. The third-order valence-corrected chi connectivity index (χ3v) is 1.63. The summed E-state index contributed by atoms with van der Waals surface area (Å²) in [6.45, 7) is 1.94. The van der Waals surface area contributed by atoms with E-state index < -0.39 is 6.10 Å². The number of nitriles is 1. The summed E-state index contributed by atoms with van der Waals surface area (Å²) in [5, 5.41) is 28.0. The zero-order valence-electron chi connectivity index (χ0n) is 7.53. The Balaban J connectivity index is 2.82. The SMILES string of the molecule is C[C@@H](O)CNc1nnc(Cl)cc1C#N. The van der Waals surface area contributed by atoms with Crippen LogP contribution in [0.15, 0.2) is 6.07 Å². The van der Waals surface area contributed by atoms with E-state index in [1.54, 1.807) is 6.92 Å². The minimum Gasteiger partial charge on any atom is -0.392 e. The smallest absolute Gasteiger partial charge is 0.166 e. The molecule has 0 amide bonds. The molecule has 5 nitrogen and oxygen atoms in total. The van der Waals surface area contributed by atoms with E-state index in [9.17, 15) is 0 Å². The first-order valence-corrected chi connectivity index (χ1v) is 4.36. The Labute approximate surface area is 86.3 Å². The van der Waals surface area contributed by atoms with Crippen LogP contribution in [-0.2, 0) is 0 Å². The van der Waals surface area contributed by atoms with E-state index >= 15 is 0 Å². The number of aliphatic hydroxyl groups excluding tert-OH is 1. The molecule has 0 aliphatic carbocycles. The Kier molecular flexibility index (Phi) is 3.63. The number of nitrogens with zero attached hydrogens (tertiary/aromatic N) is 3. The first-order chi connectivity index (χ1) is 6.63. The van der Waals surface area contributed by atoms with Crippen molar-refractivity contribution in [3.63, 3.8) is 0 Å². The van der Waals surface area contributed by atoms with Crippen LogP contribution in [0.5, 0.6) is 0 Å². The molecule has 1 atom stereocenters. The standard InChI is InChI=1S/C8H9ClN4O/c1-5(14)4-11-8-6(3-10)2-7(9)12-13-8/h2,5,14H,4H2,1H3,(H,11,13)/t5-/m1/s1. The summed E-state index contributed by atoms with van der Waals surface area (Å²) in [4.78, 5) is 0. The van der Waals surface area contributed by atoms with Crippen LogP contribution < -0.4 is 5.32 Å². The second-order valence-corrected chi connectivity index (χ2v) is 3.16. The summed E-state index contributed by atoms with van der Waals surface area (Å²) in [5.41, 5.74) is 0.311. The van der Waals surface area contributed by atoms with Gasteiger partial charge in [-0.2, -0.15) is 5.26 Å². The molecule has 0 bridgehead atoms. The van der Waals surface area contributed by atoms with Crippen LogP contribution in [0.3, 0.4) is 0 Å². The topological polar surface area (TPSA) is 81.8 Å². The first-order valence-electron chi connectivity index (χ1n) is 3.98. The fourth-order valence-corrected chi connectivity index (χ4v) is 0.975. The number of anilines is 1. The third-order valence-electron chi connectivity index (χ3n) is 1.45. The molecule has 2 N–H and O–H groups in total. The highest BCUT2D eigenvalue weighted by Gasteiger charge is 2.06. The predicted molar refractivity (Wildman–Crippen MR) is 51.9 cm³/mol. The molecule has 0 radical (unpaired) electrons. The summed E-state index contributed by atoms with van der Waals surface area (Å²) >= 11 is 5.56. The van der Waals surface area contributed by atoms with Gasteiger partial charge in [-0.25, -0.2) is 0 Å². The fraction of sp³-hybridized carbons (Fsp3) is 0.375. The molecule has 0 aromatic carbocycles. The van der Waals surface area contributed by atoms with Gasteiger partial charge in [-0.05, 0) is 13.0 Å². The van der Waals surface area contributed by atoms with Crippen molar-refractivity contribution >= 4 is 17.4 Å². The second kappa shape index (κ2) is 4.74. The Morgan fingerprint density at radius 2 is 2.43 bits per heavy atom. The van der Waals surface area contributed by atoms with E-state index in [4.69, 9.17) is 22.0 Å². The minimum absolute atomic E-state index is 0.171. The van der Waals surface area contributed by atoms with Gasteiger partial charge in [-0.1, -0.05) is 11.6 Å². The first kappa shape index (κ1) is 10.7. The quantitative estimate of drug-likeness (QED) is 0.774. The second-order valence-electron chi connectivity index (χ2n) is 2.77. The fourth-order valence-electron chi connectivity index (χ4n) is 0.828. The minimum atomic E-state index is -0.515. The van der Waals surface area contributed by atoms with Gasteiger partial charge in [-0.3, -0.25) is 0 Å². The molecular weight excluding hydrogens is 204 g/mol. The van der Waals surface area contributed by atoms with Gasteiger partial charge in [0.2, 0.25) is 0 Å². The van der Waals surface area contributed by atoms with Crippen LogP contribution in [0.25, 0.3) is 0 Å². The molecule has 0 saturated heterocycles. The molecule has 74 valence electrons. The summed E-state index contributed by atoms with van der Waals surface area (Å²) in [7, 11) is 0. The van der Waals surface area contributed by atoms with Gasteiger partial charge in [0, 0.05) is 6.54 Å². The molecule has 1 aromatic rings. The molecule has 0 unspecified atom stereocenters. The molecule has 1 rings (SSSR count). The zero-order valence-corrected chi connectivity index (χ0v) is 8.28.